The molecule has 2 aromatic rings. The van der Waals surface area contributed by atoms with Crippen molar-refractivity contribution in [2.45, 2.75) is 13.0 Å². The molecule has 0 aliphatic heterocycles. The van der Waals surface area contributed by atoms with E-state index < -0.39 is 0 Å². The molecule has 4 nitrogen and oxygen atoms in total. The van der Waals surface area contributed by atoms with E-state index in [1.807, 2.05) is 43.3 Å². The number of ether oxygens (including phenoxy) is 3. The number of hydrogen-bond donors (Lipinski definition) is 1. The van der Waals surface area contributed by atoms with Crippen LogP contribution in [0.1, 0.15) is 18.5 Å². The van der Waals surface area contributed by atoms with Crippen molar-refractivity contribution in [2.75, 3.05) is 14.2 Å². The fourth-order valence-electron chi connectivity index (χ4n) is 1.82. The van der Waals surface area contributed by atoms with Gasteiger partial charge in [0.25, 0.3) is 0 Å². The molecule has 1 atom stereocenters. The molecular formula is C16H19NO3. The Hall–Kier alpha value is -2.20. The number of hydrogen-bond acceptors (Lipinski definition) is 4. The van der Waals surface area contributed by atoms with Crippen LogP contribution in [0.5, 0.6) is 23.0 Å². The molecule has 0 aliphatic rings. The molecule has 2 rings (SSSR count). The number of nitrogens with two attached hydrogens (primary N) is 1. The summed E-state index contributed by atoms with van der Waals surface area (Å²) in [6.07, 6.45) is 0. The van der Waals surface area contributed by atoms with Gasteiger partial charge in [0.15, 0.2) is 0 Å². The zero-order chi connectivity index (χ0) is 14.5. The summed E-state index contributed by atoms with van der Waals surface area (Å²) in [5.74, 6) is 2.78. The predicted octanol–water partition coefficient (Wildman–Crippen LogP) is 3.52. The van der Waals surface area contributed by atoms with E-state index in [1.54, 1.807) is 20.3 Å². The summed E-state index contributed by atoms with van der Waals surface area (Å²) in [4.78, 5) is 0. The molecule has 0 saturated heterocycles. The third-order valence-corrected chi connectivity index (χ3v) is 2.97. The van der Waals surface area contributed by atoms with Crippen molar-refractivity contribution in [3.63, 3.8) is 0 Å². The maximum atomic E-state index is 5.82. The summed E-state index contributed by atoms with van der Waals surface area (Å²) in [6.45, 7) is 1.95. The second kappa shape index (κ2) is 6.30. The van der Waals surface area contributed by atoms with Crippen LogP contribution in [0.2, 0.25) is 0 Å². The van der Waals surface area contributed by atoms with E-state index in [0.29, 0.717) is 17.2 Å². The third kappa shape index (κ3) is 3.42. The standard InChI is InChI=1S/C16H19NO3/c1-11(17)12-4-6-13(7-5-12)20-16-9-14(18-2)8-15(10-16)19-3/h4-11H,17H2,1-3H3/t11-/m1/s1. The van der Waals surface area contributed by atoms with Crippen molar-refractivity contribution in [1.29, 1.82) is 0 Å². The molecule has 0 bridgehead atoms. The van der Waals surface area contributed by atoms with Gasteiger partial charge in [-0.3, -0.25) is 0 Å². The van der Waals surface area contributed by atoms with Crippen LogP contribution in [-0.2, 0) is 0 Å². The summed E-state index contributed by atoms with van der Waals surface area (Å²) in [5.41, 5.74) is 6.89. The first-order valence-corrected chi connectivity index (χ1v) is 6.39. The lowest BCUT2D eigenvalue weighted by molar-refractivity contribution is 0.386. The lowest BCUT2D eigenvalue weighted by atomic mass is 10.1. The highest BCUT2D eigenvalue weighted by Gasteiger charge is 2.05. The molecule has 0 aliphatic carbocycles. The van der Waals surface area contributed by atoms with Crippen LogP contribution in [0, 0.1) is 0 Å². The maximum Gasteiger partial charge on any atom is 0.134 e. The van der Waals surface area contributed by atoms with Gasteiger partial charge in [-0.05, 0) is 24.6 Å². The molecular weight excluding hydrogens is 254 g/mol. The minimum Gasteiger partial charge on any atom is -0.496 e. The van der Waals surface area contributed by atoms with Gasteiger partial charge in [0.2, 0.25) is 0 Å². The van der Waals surface area contributed by atoms with Crippen molar-refractivity contribution in [3.8, 4) is 23.0 Å². The number of methoxy groups -OCH3 is 2. The highest BCUT2D eigenvalue weighted by atomic mass is 16.5. The summed E-state index contributed by atoms with van der Waals surface area (Å²) in [5, 5.41) is 0. The normalized spacial score (nSPS) is 11.8. The number of rotatable bonds is 5. The molecule has 0 unspecified atom stereocenters. The minimum absolute atomic E-state index is 0.0148. The maximum absolute atomic E-state index is 5.82. The zero-order valence-electron chi connectivity index (χ0n) is 11.9. The van der Waals surface area contributed by atoms with Crippen LogP contribution in [0.25, 0.3) is 0 Å². The van der Waals surface area contributed by atoms with E-state index in [4.69, 9.17) is 19.9 Å². The van der Waals surface area contributed by atoms with Crippen molar-refractivity contribution < 1.29 is 14.2 Å². The first-order valence-electron chi connectivity index (χ1n) is 6.39. The summed E-state index contributed by atoms with van der Waals surface area (Å²) < 4.78 is 16.2. The SMILES string of the molecule is COc1cc(OC)cc(Oc2ccc([C@@H](C)N)cc2)c1. The van der Waals surface area contributed by atoms with Crippen LogP contribution in [0.15, 0.2) is 42.5 Å². The smallest absolute Gasteiger partial charge is 0.134 e. The molecule has 0 radical (unpaired) electrons. The number of benzene rings is 2. The van der Waals surface area contributed by atoms with E-state index in [2.05, 4.69) is 0 Å². The van der Waals surface area contributed by atoms with Gasteiger partial charge in [-0.15, -0.1) is 0 Å². The lowest BCUT2D eigenvalue weighted by Crippen LogP contribution is -2.04. The molecule has 4 heteroatoms. The van der Waals surface area contributed by atoms with Crippen LogP contribution in [0.4, 0.5) is 0 Å². The average molecular weight is 273 g/mol. The molecule has 0 heterocycles. The molecule has 0 aromatic heterocycles. The zero-order valence-corrected chi connectivity index (χ0v) is 11.9. The molecule has 106 valence electrons. The van der Waals surface area contributed by atoms with Gasteiger partial charge in [0.05, 0.1) is 14.2 Å². The van der Waals surface area contributed by atoms with Gasteiger partial charge in [-0.25, -0.2) is 0 Å². The molecule has 0 spiro atoms. The van der Waals surface area contributed by atoms with Crippen LogP contribution in [0.3, 0.4) is 0 Å². The topological polar surface area (TPSA) is 53.7 Å². The van der Waals surface area contributed by atoms with E-state index in [-0.39, 0.29) is 6.04 Å². The van der Waals surface area contributed by atoms with Gasteiger partial charge in [-0.2, -0.15) is 0 Å². The van der Waals surface area contributed by atoms with Gasteiger partial charge in [0, 0.05) is 24.2 Å². The first kappa shape index (κ1) is 14.2. The molecule has 20 heavy (non-hydrogen) atoms. The Bertz CT molecular complexity index is 542. The Morgan fingerprint density at radius 1 is 0.800 bits per heavy atom. The molecule has 0 saturated carbocycles. The second-order valence-electron chi connectivity index (χ2n) is 4.51. The van der Waals surface area contributed by atoms with Crippen molar-refractivity contribution in [3.05, 3.63) is 48.0 Å². The van der Waals surface area contributed by atoms with E-state index in [1.165, 1.54) is 0 Å². The van der Waals surface area contributed by atoms with Crippen molar-refractivity contribution in [2.24, 2.45) is 5.73 Å². The predicted molar refractivity (Wildman–Crippen MR) is 78.7 cm³/mol. The Balaban J connectivity index is 2.20. The summed E-state index contributed by atoms with van der Waals surface area (Å²) >= 11 is 0. The van der Waals surface area contributed by atoms with Crippen LogP contribution >= 0.6 is 0 Å². The van der Waals surface area contributed by atoms with Gasteiger partial charge < -0.3 is 19.9 Å². The van der Waals surface area contributed by atoms with Crippen molar-refractivity contribution >= 4 is 0 Å². The fraction of sp³-hybridized carbons (Fsp3) is 0.250. The Kier molecular flexibility index (Phi) is 4.48. The van der Waals surface area contributed by atoms with E-state index in [9.17, 15) is 0 Å². The third-order valence-electron chi connectivity index (χ3n) is 2.97. The molecule has 0 fully saturated rings. The molecule has 2 N–H and O–H groups in total. The lowest BCUT2D eigenvalue weighted by Gasteiger charge is -2.11. The first-order chi connectivity index (χ1) is 9.62. The van der Waals surface area contributed by atoms with E-state index in [0.717, 1.165) is 11.3 Å². The fourth-order valence-corrected chi connectivity index (χ4v) is 1.82. The van der Waals surface area contributed by atoms with Gasteiger partial charge in [0.1, 0.15) is 23.0 Å². The summed E-state index contributed by atoms with van der Waals surface area (Å²) in [7, 11) is 3.21. The van der Waals surface area contributed by atoms with E-state index >= 15 is 0 Å². The quantitative estimate of drug-likeness (QED) is 0.905. The van der Waals surface area contributed by atoms with Crippen LogP contribution in [-0.4, -0.2) is 14.2 Å². The second-order valence-corrected chi connectivity index (χ2v) is 4.51. The molecule has 0 amide bonds. The average Bonchev–Trinajstić information content (AvgIpc) is 2.47. The largest absolute Gasteiger partial charge is 0.496 e. The van der Waals surface area contributed by atoms with Gasteiger partial charge in [-0.1, -0.05) is 12.1 Å². The van der Waals surface area contributed by atoms with Crippen LogP contribution < -0.4 is 19.9 Å². The molecule has 2 aromatic carbocycles. The Labute approximate surface area is 119 Å². The van der Waals surface area contributed by atoms with Gasteiger partial charge >= 0.3 is 0 Å². The minimum atomic E-state index is 0.0148. The van der Waals surface area contributed by atoms with Crippen molar-refractivity contribution in [1.82, 2.24) is 0 Å². The highest BCUT2D eigenvalue weighted by Crippen LogP contribution is 2.31. The Morgan fingerprint density at radius 3 is 1.75 bits per heavy atom. The highest BCUT2D eigenvalue weighted by molar-refractivity contribution is 5.44. The summed E-state index contributed by atoms with van der Waals surface area (Å²) in [6, 6.07) is 13.1. The monoisotopic (exact) mass is 273 g/mol. The Morgan fingerprint density at radius 2 is 1.30 bits per heavy atom.